The van der Waals surface area contributed by atoms with Crippen LogP contribution < -0.4 is 0 Å². The molecule has 0 amide bonds. The third kappa shape index (κ3) is 2.29. The van der Waals surface area contributed by atoms with E-state index in [1.807, 2.05) is 25.1 Å². The maximum absolute atomic E-state index is 11.4. The van der Waals surface area contributed by atoms with E-state index in [9.17, 15) is 4.79 Å². The molecule has 1 unspecified atom stereocenters. The first kappa shape index (κ1) is 10.8. The Morgan fingerprint density at radius 1 is 1.47 bits per heavy atom. The first-order valence-corrected chi connectivity index (χ1v) is 5.86. The maximum atomic E-state index is 11.4. The minimum atomic E-state index is -0.0521. The van der Waals surface area contributed by atoms with Gasteiger partial charge >= 0.3 is 0 Å². The molecule has 80 valence electrons. The van der Waals surface area contributed by atoms with Crippen LogP contribution in [0, 0.1) is 6.92 Å². The van der Waals surface area contributed by atoms with Gasteiger partial charge in [0.1, 0.15) is 5.78 Å². The zero-order valence-corrected chi connectivity index (χ0v) is 10.2. The Bertz CT molecular complexity index is 387. The van der Waals surface area contributed by atoms with Crippen LogP contribution in [0.15, 0.2) is 22.7 Å². The molecule has 0 bridgehead atoms. The monoisotopic (exact) mass is 268 g/mol. The van der Waals surface area contributed by atoms with E-state index in [0.717, 1.165) is 15.6 Å². The van der Waals surface area contributed by atoms with Crippen LogP contribution in [0.25, 0.3) is 0 Å². The lowest BCUT2D eigenvalue weighted by atomic mass is 9.97. The van der Waals surface area contributed by atoms with Crippen LogP contribution in [0.2, 0.25) is 0 Å². The third-order valence-corrected chi connectivity index (χ3v) is 3.63. The predicted octanol–water partition coefficient (Wildman–Crippen LogP) is 3.18. The van der Waals surface area contributed by atoms with Gasteiger partial charge < -0.3 is 4.74 Å². The molecule has 1 aliphatic heterocycles. The second-order valence-electron chi connectivity index (χ2n) is 3.81. The normalized spacial score (nSPS) is 21.7. The van der Waals surface area contributed by atoms with E-state index >= 15 is 0 Å². The van der Waals surface area contributed by atoms with Crippen LogP contribution >= 0.6 is 15.9 Å². The summed E-state index contributed by atoms with van der Waals surface area (Å²) in [5.74, 6) is 0.297. The summed E-state index contributed by atoms with van der Waals surface area (Å²) < 4.78 is 6.70. The number of ketones is 1. The van der Waals surface area contributed by atoms with Crippen LogP contribution in [0.4, 0.5) is 0 Å². The first-order valence-electron chi connectivity index (χ1n) is 5.07. The fourth-order valence-electron chi connectivity index (χ4n) is 1.86. The lowest BCUT2D eigenvalue weighted by molar-refractivity contribution is -0.128. The van der Waals surface area contributed by atoms with Crippen LogP contribution in [0.1, 0.15) is 30.1 Å². The standard InChI is InChI=1S/C12H13BrO2/c1-8-10(3-2-4-11(8)13)12-7-9(14)5-6-15-12/h2-4,12H,5-7H2,1H3. The van der Waals surface area contributed by atoms with Crippen molar-refractivity contribution in [2.45, 2.75) is 25.9 Å². The quantitative estimate of drug-likeness (QED) is 0.782. The highest BCUT2D eigenvalue weighted by Crippen LogP contribution is 2.31. The van der Waals surface area contributed by atoms with E-state index in [-0.39, 0.29) is 6.10 Å². The summed E-state index contributed by atoms with van der Waals surface area (Å²) in [6.45, 7) is 2.59. The van der Waals surface area contributed by atoms with E-state index in [2.05, 4.69) is 15.9 Å². The summed E-state index contributed by atoms with van der Waals surface area (Å²) in [4.78, 5) is 11.4. The van der Waals surface area contributed by atoms with E-state index in [1.54, 1.807) is 0 Å². The summed E-state index contributed by atoms with van der Waals surface area (Å²) in [5.41, 5.74) is 2.29. The number of rotatable bonds is 1. The molecular formula is C12H13BrO2. The highest BCUT2D eigenvalue weighted by Gasteiger charge is 2.23. The number of hydrogen-bond acceptors (Lipinski definition) is 2. The maximum Gasteiger partial charge on any atom is 0.138 e. The molecule has 1 aromatic rings. The Balaban J connectivity index is 2.28. The summed E-state index contributed by atoms with van der Waals surface area (Å²) in [7, 11) is 0. The minimum absolute atomic E-state index is 0.0521. The van der Waals surface area contributed by atoms with Crippen molar-refractivity contribution in [2.24, 2.45) is 0 Å². The van der Waals surface area contributed by atoms with E-state index in [1.165, 1.54) is 0 Å². The number of benzene rings is 1. The smallest absolute Gasteiger partial charge is 0.138 e. The van der Waals surface area contributed by atoms with Gasteiger partial charge in [0.25, 0.3) is 0 Å². The molecule has 1 heterocycles. The molecule has 0 saturated carbocycles. The van der Waals surface area contributed by atoms with Gasteiger partial charge in [0.15, 0.2) is 0 Å². The fourth-order valence-corrected chi connectivity index (χ4v) is 2.24. The Hall–Kier alpha value is -0.670. The van der Waals surface area contributed by atoms with Crippen molar-refractivity contribution in [1.82, 2.24) is 0 Å². The third-order valence-electron chi connectivity index (χ3n) is 2.77. The Morgan fingerprint density at radius 2 is 2.27 bits per heavy atom. The van der Waals surface area contributed by atoms with E-state index in [4.69, 9.17) is 4.74 Å². The number of ether oxygens (including phenoxy) is 1. The summed E-state index contributed by atoms with van der Waals surface area (Å²) in [6, 6.07) is 6.02. The van der Waals surface area contributed by atoms with Crippen molar-refractivity contribution in [1.29, 1.82) is 0 Å². The lowest BCUT2D eigenvalue weighted by Crippen LogP contribution is -2.20. The largest absolute Gasteiger partial charge is 0.373 e. The molecular weight excluding hydrogens is 256 g/mol. The molecule has 2 nitrogen and oxygen atoms in total. The Kier molecular flexibility index (Phi) is 3.22. The van der Waals surface area contributed by atoms with Gasteiger partial charge in [-0.25, -0.2) is 0 Å². The fraction of sp³-hybridized carbons (Fsp3) is 0.417. The molecule has 0 spiro atoms. The van der Waals surface area contributed by atoms with Gasteiger partial charge in [0.2, 0.25) is 0 Å². The van der Waals surface area contributed by atoms with Crippen LogP contribution in [-0.4, -0.2) is 12.4 Å². The van der Waals surface area contributed by atoms with Crippen molar-refractivity contribution in [3.8, 4) is 0 Å². The van der Waals surface area contributed by atoms with Gasteiger partial charge in [-0.15, -0.1) is 0 Å². The SMILES string of the molecule is Cc1c(Br)cccc1C1CC(=O)CCO1. The molecule has 0 N–H and O–H groups in total. The number of carbonyl (C=O) groups is 1. The molecule has 15 heavy (non-hydrogen) atoms. The topological polar surface area (TPSA) is 26.3 Å². The van der Waals surface area contributed by atoms with Gasteiger partial charge in [-0.05, 0) is 24.1 Å². The minimum Gasteiger partial charge on any atom is -0.373 e. The summed E-state index contributed by atoms with van der Waals surface area (Å²) >= 11 is 3.49. The summed E-state index contributed by atoms with van der Waals surface area (Å²) in [6.07, 6.45) is 1.02. The molecule has 1 fully saturated rings. The first-order chi connectivity index (χ1) is 7.18. The second-order valence-corrected chi connectivity index (χ2v) is 4.66. The number of carbonyl (C=O) groups excluding carboxylic acids is 1. The Labute approximate surface area is 97.8 Å². The Morgan fingerprint density at radius 3 is 3.00 bits per heavy atom. The van der Waals surface area contributed by atoms with Gasteiger partial charge in [0, 0.05) is 17.3 Å². The zero-order valence-electron chi connectivity index (χ0n) is 8.63. The average Bonchev–Trinajstić information content (AvgIpc) is 2.22. The molecule has 1 aliphatic rings. The van der Waals surface area contributed by atoms with Crippen LogP contribution in [0.5, 0.6) is 0 Å². The average molecular weight is 269 g/mol. The van der Waals surface area contributed by atoms with Crippen molar-refractivity contribution < 1.29 is 9.53 Å². The molecule has 2 rings (SSSR count). The van der Waals surface area contributed by atoms with Crippen molar-refractivity contribution in [3.63, 3.8) is 0 Å². The zero-order chi connectivity index (χ0) is 10.8. The van der Waals surface area contributed by atoms with Gasteiger partial charge in [-0.3, -0.25) is 4.79 Å². The highest BCUT2D eigenvalue weighted by atomic mass is 79.9. The van der Waals surface area contributed by atoms with Gasteiger partial charge in [-0.1, -0.05) is 28.1 Å². The number of Topliss-reactive ketones (excluding diaryl/α,β-unsaturated/α-hetero) is 1. The van der Waals surface area contributed by atoms with Gasteiger partial charge in [-0.2, -0.15) is 0 Å². The van der Waals surface area contributed by atoms with Crippen LogP contribution in [0.3, 0.4) is 0 Å². The summed E-state index contributed by atoms with van der Waals surface area (Å²) in [5, 5.41) is 0. The molecule has 3 heteroatoms. The molecule has 1 atom stereocenters. The molecule has 0 aromatic heterocycles. The van der Waals surface area contributed by atoms with E-state index < -0.39 is 0 Å². The lowest BCUT2D eigenvalue weighted by Gasteiger charge is -2.23. The number of hydrogen-bond donors (Lipinski definition) is 0. The molecule has 1 saturated heterocycles. The van der Waals surface area contributed by atoms with Crippen LogP contribution in [-0.2, 0) is 9.53 Å². The molecule has 0 radical (unpaired) electrons. The second kappa shape index (κ2) is 4.45. The van der Waals surface area contributed by atoms with Crippen molar-refractivity contribution in [3.05, 3.63) is 33.8 Å². The van der Waals surface area contributed by atoms with E-state index in [0.29, 0.717) is 25.2 Å². The highest BCUT2D eigenvalue weighted by molar-refractivity contribution is 9.10. The molecule has 0 aliphatic carbocycles. The predicted molar refractivity (Wildman–Crippen MR) is 61.8 cm³/mol. The van der Waals surface area contributed by atoms with Crippen molar-refractivity contribution >= 4 is 21.7 Å². The number of halogens is 1. The molecule has 1 aromatic carbocycles. The van der Waals surface area contributed by atoms with Crippen molar-refractivity contribution in [2.75, 3.05) is 6.61 Å². The van der Waals surface area contributed by atoms with Gasteiger partial charge in [0.05, 0.1) is 12.7 Å².